The molecule has 0 heterocycles. The summed E-state index contributed by atoms with van der Waals surface area (Å²) in [6.45, 7) is 4.42. The average molecular weight is 212 g/mol. The molecule has 1 unspecified atom stereocenters. The van der Waals surface area contributed by atoms with E-state index >= 15 is 0 Å². The highest BCUT2D eigenvalue weighted by molar-refractivity contribution is 4.76. The lowest BCUT2D eigenvalue weighted by Crippen LogP contribution is -2.29. The van der Waals surface area contributed by atoms with Gasteiger partial charge >= 0.3 is 0 Å². The van der Waals surface area contributed by atoms with Crippen LogP contribution in [-0.2, 0) is 0 Å². The van der Waals surface area contributed by atoms with Crippen molar-refractivity contribution in [1.82, 2.24) is 0 Å². The van der Waals surface area contributed by atoms with E-state index in [1.807, 2.05) is 0 Å². The van der Waals surface area contributed by atoms with Gasteiger partial charge in [-0.05, 0) is 24.7 Å². The molecule has 1 saturated carbocycles. The zero-order valence-electron chi connectivity index (χ0n) is 10.5. The van der Waals surface area contributed by atoms with Gasteiger partial charge in [-0.1, -0.05) is 58.8 Å². The molecule has 1 N–H and O–H groups in total. The molecule has 0 aromatic rings. The Labute approximate surface area is 95.3 Å². The van der Waals surface area contributed by atoms with Gasteiger partial charge in [0.25, 0.3) is 0 Å². The molecule has 1 heteroatoms. The van der Waals surface area contributed by atoms with Gasteiger partial charge in [-0.3, -0.25) is 0 Å². The minimum atomic E-state index is -0.0295. The molecule has 0 spiro atoms. The topological polar surface area (TPSA) is 20.2 Å². The summed E-state index contributed by atoms with van der Waals surface area (Å²) in [4.78, 5) is 0. The summed E-state index contributed by atoms with van der Waals surface area (Å²) < 4.78 is 0. The monoisotopic (exact) mass is 212 g/mol. The molecule has 0 saturated heterocycles. The SMILES string of the molecule is CCC(CC)C(O)C1CCCCCCC1. The van der Waals surface area contributed by atoms with E-state index in [0.717, 1.165) is 12.8 Å². The van der Waals surface area contributed by atoms with Gasteiger partial charge in [0, 0.05) is 0 Å². The van der Waals surface area contributed by atoms with Crippen LogP contribution in [0.25, 0.3) is 0 Å². The third kappa shape index (κ3) is 4.14. The second-order valence-corrected chi connectivity index (χ2v) is 5.17. The maximum atomic E-state index is 10.4. The van der Waals surface area contributed by atoms with E-state index in [-0.39, 0.29) is 6.10 Å². The molecule has 0 aromatic carbocycles. The minimum absolute atomic E-state index is 0.0295. The molecule has 0 radical (unpaired) electrons. The Morgan fingerprint density at radius 1 is 0.933 bits per heavy atom. The van der Waals surface area contributed by atoms with Crippen molar-refractivity contribution < 1.29 is 5.11 Å². The molecule has 1 rings (SSSR count). The fourth-order valence-electron chi connectivity index (χ4n) is 2.99. The Morgan fingerprint density at radius 3 is 1.87 bits per heavy atom. The molecule has 0 aromatic heterocycles. The molecule has 1 atom stereocenters. The van der Waals surface area contributed by atoms with Crippen molar-refractivity contribution in [2.24, 2.45) is 11.8 Å². The van der Waals surface area contributed by atoms with Crippen molar-refractivity contribution >= 4 is 0 Å². The molecule has 90 valence electrons. The predicted molar refractivity (Wildman–Crippen MR) is 65.9 cm³/mol. The van der Waals surface area contributed by atoms with Gasteiger partial charge < -0.3 is 5.11 Å². The fraction of sp³-hybridized carbons (Fsp3) is 1.00. The minimum Gasteiger partial charge on any atom is -0.393 e. The summed E-state index contributed by atoms with van der Waals surface area (Å²) in [5.41, 5.74) is 0. The van der Waals surface area contributed by atoms with Crippen molar-refractivity contribution in [3.8, 4) is 0 Å². The number of hydrogen-bond acceptors (Lipinski definition) is 1. The molecule has 0 amide bonds. The van der Waals surface area contributed by atoms with Gasteiger partial charge in [0.05, 0.1) is 6.10 Å². The van der Waals surface area contributed by atoms with Crippen LogP contribution in [0.4, 0.5) is 0 Å². The van der Waals surface area contributed by atoms with Crippen LogP contribution in [0.3, 0.4) is 0 Å². The predicted octanol–water partition coefficient (Wildman–Crippen LogP) is 4.14. The van der Waals surface area contributed by atoms with E-state index in [2.05, 4.69) is 13.8 Å². The van der Waals surface area contributed by atoms with Gasteiger partial charge in [-0.2, -0.15) is 0 Å². The van der Waals surface area contributed by atoms with Gasteiger partial charge in [-0.25, -0.2) is 0 Å². The number of rotatable bonds is 4. The maximum absolute atomic E-state index is 10.4. The first-order valence-electron chi connectivity index (χ1n) is 6.97. The Kier molecular flexibility index (Phi) is 6.31. The zero-order chi connectivity index (χ0) is 11.1. The number of aliphatic hydroxyl groups excluding tert-OH is 1. The first-order valence-corrected chi connectivity index (χ1v) is 6.97. The van der Waals surface area contributed by atoms with Crippen molar-refractivity contribution in [1.29, 1.82) is 0 Å². The van der Waals surface area contributed by atoms with E-state index in [0.29, 0.717) is 11.8 Å². The van der Waals surface area contributed by atoms with E-state index in [1.54, 1.807) is 0 Å². The van der Waals surface area contributed by atoms with Crippen LogP contribution in [-0.4, -0.2) is 11.2 Å². The largest absolute Gasteiger partial charge is 0.393 e. The maximum Gasteiger partial charge on any atom is 0.0596 e. The van der Waals surface area contributed by atoms with E-state index in [9.17, 15) is 5.11 Å². The lowest BCUT2D eigenvalue weighted by molar-refractivity contribution is 0.0347. The van der Waals surface area contributed by atoms with Crippen LogP contribution in [0.1, 0.15) is 71.6 Å². The smallest absolute Gasteiger partial charge is 0.0596 e. The zero-order valence-corrected chi connectivity index (χ0v) is 10.5. The molecule has 15 heavy (non-hydrogen) atoms. The summed E-state index contributed by atoms with van der Waals surface area (Å²) in [6.07, 6.45) is 11.6. The van der Waals surface area contributed by atoms with Crippen LogP contribution in [0, 0.1) is 11.8 Å². The number of aliphatic hydroxyl groups is 1. The van der Waals surface area contributed by atoms with Gasteiger partial charge in [-0.15, -0.1) is 0 Å². The van der Waals surface area contributed by atoms with Crippen LogP contribution >= 0.6 is 0 Å². The summed E-state index contributed by atoms with van der Waals surface area (Å²) in [6, 6.07) is 0. The quantitative estimate of drug-likeness (QED) is 0.742. The second kappa shape index (κ2) is 7.27. The Morgan fingerprint density at radius 2 is 1.40 bits per heavy atom. The average Bonchev–Trinajstić information content (AvgIpc) is 2.18. The second-order valence-electron chi connectivity index (χ2n) is 5.17. The third-order valence-electron chi connectivity index (χ3n) is 4.16. The summed E-state index contributed by atoms with van der Waals surface area (Å²) in [5.74, 6) is 1.13. The first kappa shape index (κ1) is 13.0. The van der Waals surface area contributed by atoms with Gasteiger partial charge in [0.15, 0.2) is 0 Å². The molecule has 0 aliphatic heterocycles. The highest BCUT2D eigenvalue weighted by atomic mass is 16.3. The van der Waals surface area contributed by atoms with Crippen LogP contribution in [0.2, 0.25) is 0 Å². The van der Waals surface area contributed by atoms with E-state index in [1.165, 1.54) is 44.9 Å². The van der Waals surface area contributed by atoms with Crippen LogP contribution in [0.5, 0.6) is 0 Å². The molecule has 0 bridgehead atoms. The Hall–Kier alpha value is -0.0400. The number of hydrogen-bond donors (Lipinski definition) is 1. The molecular weight excluding hydrogens is 184 g/mol. The van der Waals surface area contributed by atoms with Crippen molar-refractivity contribution in [2.75, 3.05) is 0 Å². The van der Waals surface area contributed by atoms with E-state index in [4.69, 9.17) is 0 Å². The molecule has 1 nitrogen and oxygen atoms in total. The summed E-state index contributed by atoms with van der Waals surface area (Å²) in [5, 5.41) is 10.4. The lowest BCUT2D eigenvalue weighted by atomic mass is 9.80. The lowest BCUT2D eigenvalue weighted by Gasteiger charge is -2.30. The Bertz CT molecular complexity index is 143. The molecule has 1 fully saturated rings. The highest BCUT2D eigenvalue weighted by Crippen LogP contribution is 2.30. The standard InChI is InChI=1S/C14H28O/c1-3-12(4-2)14(15)13-10-8-6-5-7-9-11-13/h12-15H,3-11H2,1-2H3. The van der Waals surface area contributed by atoms with Crippen LogP contribution in [0.15, 0.2) is 0 Å². The van der Waals surface area contributed by atoms with E-state index < -0.39 is 0 Å². The summed E-state index contributed by atoms with van der Waals surface area (Å²) in [7, 11) is 0. The summed E-state index contributed by atoms with van der Waals surface area (Å²) >= 11 is 0. The van der Waals surface area contributed by atoms with Crippen molar-refractivity contribution in [3.63, 3.8) is 0 Å². The normalized spacial score (nSPS) is 22.4. The molecule has 1 aliphatic rings. The molecule has 1 aliphatic carbocycles. The highest BCUT2D eigenvalue weighted by Gasteiger charge is 2.25. The third-order valence-corrected chi connectivity index (χ3v) is 4.16. The van der Waals surface area contributed by atoms with Crippen molar-refractivity contribution in [3.05, 3.63) is 0 Å². The van der Waals surface area contributed by atoms with Crippen LogP contribution < -0.4 is 0 Å². The Balaban J connectivity index is 2.43. The molecular formula is C14H28O. The van der Waals surface area contributed by atoms with Gasteiger partial charge in [0.1, 0.15) is 0 Å². The van der Waals surface area contributed by atoms with Crippen molar-refractivity contribution in [2.45, 2.75) is 77.7 Å². The van der Waals surface area contributed by atoms with Gasteiger partial charge in [0.2, 0.25) is 0 Å². The fourth-order valence-corrected chi connectivity index (χ4v) is 2.99. The first-order chi connectivity index (χ1) is 7.29.